The fourth-order valence-electron chi connectivity index (χ4n) is 3.70. The van der Waals surface area contributed by atoms with Crippen LogP contribution in [-0.2, 0) is 6.42 Å². The number of hydrogen-bond acceptors (Lipinski definition) is 7. The van der Waals surface area contributed by atoms with E-state index in [0.717, 1.165) is 24.8 Å². The molecule has 0 aliphatic heterocycles. The second-order valence-electron chi connectivity index (χ2n) is 8.14. The lowest BCUT2D eigenvalue weighted by molar-refractivity contribution is 0.295. The summed E-state index contributed by atoms with van der Waals surface area (Å²) in [5, 5.41) is 20.1. The molecule has 1 heterocycles. The van der Waals surface area contributed by atoms with E-state index >= 15 is 0 Å². The van der Waals surface area contributed by atoms with Crippen LogP contribution in [0.5, 0.6) is 28.7 Å². The summed E-state index contributed by atoms with van der Waals surface area (Å²) in [6.07, 6.45) is 3.85. The van der Waals surface area contributed by atoms with Crippen LogP contribution in [0.3, 0.4) is 0 Å². The first kappa shape index (κ1) is 25.3. The molecule has 0 aliphatic rings. The molecule has 0 saturated carbocycles. The van der Waals surface area contributed by atoms with Crippen LogP contribution in [0.1, 0.15) is 58.9 Å². The van der Waals surface area contributed by atoms with E-state index in [-0.39, 0.29) is 28.4 Å². The molecule has 0 radical (unpaired) electrons. The lowest BCUT2D eigenvalue weighted by Crippen LogP contribution is -2.14. The van der Waals surface area contributed by atoms with Crippen LogP contribution < -0.4 is 19.6 Å². The minimum Gasteiger partial charge on any atom is -0.504 e. The van der Waals surface area contributed by atoms with Gasteiger partial charge in [0.05, 0.1) is 19.8 Å². The number of fused-ring (bicyclic) bond motifs is 1. The second kappa shape index (κ2) is 11.7. The molecule has 0 saturated heterocycles. The summed E-state index contributed by atoms with van der Waals surface area (Å²) in [7, 11) is 0. The molecule has 0 atom stereocenters. The molecular formula is C27H34O7. The lowest BCUT2D eigenvalue weighted by Gasteiger charge is -2.19. The van der Waals surface area contributed by atoms with Crippen molar-refractivity contribution in [2.75, 3.05) is 19.8 Å². The molecule has 0 spiro atoms. The molecule has 0 amide bonds. The van der Waals surface area contributed by atoms with E-state index in [1.165, 1.54) is 12.1 Å². The van der Waals surface area contributed by atoms with Gasteiger partial charge in [-0.3, -0.25) is 4.79 Å². The number of hydrogen-bond donors (Lipinski definition) is 2. The SMILES string of the molecule is CCCOc1cc2oc(-c3ccc(O)c(O)c3)c(OCCC)c(=O)c2c(OCCC)c1CCC. The molecular weight excluding hydrogens is 436 g/mol. The Morgan fingerprint density at radius 1 is 0.794 bits per heavy atom. The standard InChI is InChI=1S/C27H34O7/c1-5-9-18-21(31-12-6-2)16-22-23(26(18)32-13-7-3)24(30)27(33-14-8-4)25(34-22)17-10-11-19(28)20(29)15-17/h10-11,15-16,28-29H,5-9,12-14H2,1-4H3. The number of rotatable bonds is 12. The van der Waals surface area contributed by atoms with Gasteiger partial charge < -0.3 is 28.8 Å². The zero-order valence-corrected chi connectivity index (χ0v) is 20.4. The van der Waals surface area contributed by atoms with Gasteiger partial charge in [-0.25, -0.2) is 0 Å². The zero-order chi connectivity index (χ0) is 24.7. The maximum absolute atomic E-state index is 13.8. The molecule has 2 N–H and O–H groups in total. The highest BCUT2D eigenvalue weighted by atomic mass is 16.5. The third-order valence-corrected chi connectivity index (χ3v) is 5.26. The Kier molecular flexibility index (Phi) is 8.68. The summed E-state index contributed by atoms with van der Waals surface area (Å²) in [6.45, 7) is 9.33. The minimum atomic E-state index is -0.345. The van der Waals surface area contributed by atoms with E-state index in [4.69, 9.17) is 18.6 Å². The Morgan fingerprint density at radius 3 is 2.06 bits per heavy atom. The molecule has 2 aromatic carbocycles. The van der Waals surface area contributed by atoms with Crippen LogP contribution in [0.2, 0.25) is 0 Å². The molecule has 7 heteroatoms. The zero-order valence-electron chi connectivity index (χ0n) is 20.4. The Hall–Kier alpha value is -3.35. The maximum Gasteiger partial charge on any atom is 0.239 e. The number of aromatic hydroxyl groups is 2. The molecule has 7 nitrogen and oxygen atoms in total. The highest BCUT2D eigenvalue weighted by molar-refractivity contribution is 5.90. The van der Waals surface area contributed by atoms with Gasteiger partial charge in [-0.05, 0) is 43.9 Å². The van der Waals surface area contributed by atoms with Gasteiger partial charge in [-0.1, -0.05) is 34.1 Å². The quantitative estimate of drug-likeness (QED) is 0.305. The Balaban J connectivity index is 2.38. The average Bonchev–Trinajstić information content (AvgIpc) is 2.83. The molecule has 34 heavy (non-hydrogen) atoms. The smallest absolute Gasteiger partial charge is 0.239 e. The van der Waals surface area contributed by atoms with Gasteiger partial charge in [0.15, 0.2) is 17.3 Å². The topological polar surface area (TPSA) is 98.4 Å². The first-order valence-corrected chi connectivity index (χ1v) is 12.0. The van der Waals surface area contributed by atoms with E-state index < -0.39 is 0 Å². The summed E-state index contributed by atoms with van der Waals surface area (Å²) in [4.78, 5) is 13.8. The monoisotopic (exact) mass is 470 g/mol. The van der Waals surface area contributed by atoms with Gasteiger partial charge in [0.25, 0.3) is 0 Å². The normalized spacial score (nSPS) is 11.1. The van der Waals surface area contributed by atoms with Crippen molar-refractivity contribution < 1.29 is 28.8 Å². The highest BCUT2D eigenvalue weighted by Gasteiger charge is 2.25. The molecule has 1 aromatic heterocycles. The first-order valence-electron chi connectivity index (χ1n) is 12.0. The van der Waals surface area contributed by atoms with Crippen LogP contribution >= 0.6 is 0 Å². The van der Waals surface area contributed by atoms with Crippen molar-refractivity contribution in [3.8, 4) is 40.1 Å². The van der Waals surface area contributed by atoms with Crippen LogP contribution in [0.4, 0.5) is 0 Å². The van der Waals surface area contributed by atoms with Crippen molar-refractivity contribution in [2.24, 2.45) is 0 Å². The van der Waals surface area contributed by atoms with Crippen molar-refractivity contribution in [3.63, 3.8) is 0 Å². The van der Waals surface area contributed by atoms with Gasteiger partial charge in [-0.2, -0.15) is 0 Å². The fraction of sp³-hybridized carbons (Fsp3) is 0.444. The first-order chi connectivity index (χ1) is 16.5. The summed E-state index contributed by atoms with van der Waals surface area (Å²) in [6, 6.07) is 5.98. The van der Waals surface area contributed by atoms with Gasteiger partial charge in [0, 0.05) is 17.2 Å². The van der Waals surface area contributed by atoms with Crippen LogP contribution in [0.25, 0.3) is 22.3 Å². The van der Waals surface area contributed by atoms with Gasteiger partial charge in [0.1, 0.15) is 22.5 Å². The van der Waals surface area contributed by atoms with Crippen LogP contribution in [0, 0.1) is 0 Å². The van der Waals surface area contributed by atoms with Crippen LogP contribution in [0.15, 0.2) is 33.5 Å². The molecule has 0 fully saturated rings. The van der Waals surface area contributed by atoms with Crippen LogP contribution in [-0.4, -0.2) is 30.0 Å². The summed E-state index contributed by atoms with van der Waals surface area (Å²) in [5.41, 5.74) is 1.22. The summed E-state index contributed by atoms with van der Waals surface area (Å²) < 4.78 is 24.3. The van der Waals surface area contributed by atoms with Crippen molar-refractivity contribution in [1.82, 2.24) is 0 Å². The third-order valence-electron chi connectivity index (χ3n) is 5.26. The highest BCUT2D eigenvalue weighted by Crippen LogP contribution is 2.41. The summed E-state index contributed by atoms with van der Waals surface area (Å²) in [5.74, 6) is 0.740. The lowest BCUT2D eigenvalue weighted by atomic mass is 10.0. The third kappa shape index (κ3) is 5.24. The van der Waals surface area contributed by atoms with E-state index in [2.05, 4.69) is 6.92 Å². The van der Waals surface area contributed by atoms with Gasteiger partial charge >= 0.3 is 0 Å². The summed E-state index contributed by atoms with van der Waals surface area (Å²) >= 11 is 0. The molecule has 184 valence electrons. The number of ether oxygens (including phenoxy) is 3. The van der Waals surface area contributed by atoms with E-state index in [9.17, 15) is 15.0 Å². The predicted molar refractivity (Wildman–Crippen MR) is 133 cm³/mol. The number of phenolic OH excluding ortho intramolecular Hbond substituents is 2. The van der Waals surface area contributed by atoms with E-state index in [0.29, 0.717) is 60.7 Å². The number of benzene rings is 2. The van der Waals surface area contributed by atoms with Crippen molar-refractivity contribution in [3.05, 3.63) is 40.1 Å². The molecule has 3 rings (SSSR count). The minimum absolute atomic E-state index is 0.0467. The maximum atomic E-state index is 13.8. The molecule has 0 aliphatic carbocycles. The molecule has 0 unspecified atom stereocenters. The average molecular weight is 471 g/mol. The van der Waals surface area contributed by atoms with E-state index in [1.807, 2.05) is 20.8 Å². The Labute approximate surface area is 199 Å². The van der Waals surface area contributed by atoms with Crippen molar-refractivity contribution >= 4 is 11.0 Å². The molecule has 0 bridgehead atoms. The largest absolute Gasteiger partial charge is 0.504 e. The Morgan fingerprint density at radius 2 is 1.44 bits per heavy atom. The Bertz CT molecular complexity index is 1180. The van der Waals surface area contributed by atoms with Crippen molar-refractivity contribution in [2.45, 2.75) is 59.8 Å². The van der Waals surface area contributed by atoms with Gasteiger partial charge in [0.2, 0.25) is 11.2 Å². The van der Waals surface area contributed by atoms with E-state index in [1.54, 1.807) is 12.1 Å². The predicted octanol–water partition coefficient (Wildman–Crippen LogP) is 6.19. The van der Waals surface area contributed by atoms with Gasteiger partial charge in [-0.15, -0.1) is 0 Å². The number of phenols is 2. The fourth-order valence-corrected chi connectivity index (χ4v) is 3.70. The van der Waals surface area contributed by atoms with Crippen molar-refractivity contribution in [1.29, 1.82) is 0 Å². The second-order valence-corrected chi connectivity index (χ2v) is 8.14. The molecule has 3 aromatic rings.